The van der Waals surface area contributed by atoms with Gasteiger partial charge in [-0.25, -0.2) is 4.98 Å². The van der Waals surface area contributed by atoms with Crippen LogP contribution in [0.2, 0.25) is 0 Å². The van der Waals surface area contributed by atoms with Crippen molar-refractivity contribution in [3.63, 3.8) is 0 Å². The van der Waals surface area contributed by atoms with Gasteiger partial charge in [-0.3, -0.25) is 9.59 Å². The van der Waals surface area contributed by atoms with Crippen LogP contribution in [0.1, 0.15) is 26.7 Å². The summed E-state index contributed by atoms with van der Waals surface area (Å²) in [5.74, 6) is 1.40. The molecule has 26 heavy (non-hydrogen) atoms. The summed E-state index contributed by atoms with van der Waals surface area (Å²) in [6, 6.07) is 5.88. The van der Waals surface area contributed by atoms with Gasteiger partial charge in [-0.15, -0.1) is 0 Å². The van der Waals surface area contributed by atoms with E-state index >= 15 is 0 Å². The number of pyridine rings is 1. The number of nitrogens with zero attached hydrogens (tertiary/aromatic N) is 4. The number of fused-ring (bicyclic) bond motifs is 1. The molecular weight excluding hydrogens is 328 g/mol. The third-order valence-corrected chi connectivity index (χ3v) is 5.80. The first-order chi connectivity index (χ1) is 12.3. The van der Waals surface area contributed by atoms with Gasteiger partial charge in [0.25, 0.3) is 0 Å². The third kappa shape index (κ3) is 3.29. The van der Waals surface area contributed by atoms with E-state index in [2.05, 4.69) is 9.88 Å². The minimum atomic E-state index is -0.437. The summed E-state index contributed by atoms with van der Waals surface area (Å²) in [6.45, 7) is 6.73. The van der Waals surface area contributed by atoms with Gasteiger partial charge < -0.3 is 14.7 Å². The molecular formula is C20H30N4O2. The standard InChI is InChI=1S/C20H30N4O2/c1-15(2)18(25)23-11-7-9-20(19(26)22(3)4)14-24(13-16(20)12-23)17-8-5-6-10-21-17/h5-6,8,10,15-16H,7,9,11-14H2,1-4H3/t16-,20-/m0/s1. The van der Waals surface area contributed by atoms with Gasteiger partial charge in [-0.1, -0.05) is 19.9 Å². The zero-order valence-electron chi connectivity index (χ0n) is 16.3. The Kier molecular flexibility index (Phi) is 5.21. The van der Waals surface area contributed by atoms with Crippen molar-refractivity contribution in [1.82, 2.24) is 14.8 Å². The van der Waals surface area contributed by atoms with Gasteiger partial charge >= 0.3 is 0 Å². The molecule has 3 heterocycles. The van der Waals surface area contributed by atoms with Gasteiger partial charge in [0.05, 0.1) is 5.41 Å². The molecule has 142 valence electrons. The van der Waals surface area contributed by atoms with Crippen LogP contribution < -0.4 is 4.90 Å². The van der Waals surface area contributed by atoms with Crippen molar-refractivity contribution in [2.24, 2.45) is 17.3 Å². The zero-order valence-corrected chi connectivity index (χ0v) is 16.3. The lowest BCUT2D eigenvalue weighted by molar-refractivity contribution is -0.142. The van der Waals surface area contributed by atoms with E-state index in [9.17, 15) is 9.59 Å². The highest BCUT2D eigenvalue weighted by Crippen LogP contribution is 2.45. The molecule has 0 N–H and O–H groups in total. The first-order valence-corrected chi connectivity index (χ1v) is 9.51. The number of amides is 2. The molecule has 6 nitrogen and oxygen atoms in total. The third-order valence-electron chi connectivity index (χ3n) is 5.80. The summed E-state index contributed by atoms with van der Waals surface area (Å²) in [4.78, 5) is 36.2. The smallest absolute Gasteiger partial charge is 0.230 e. The van der Waals surface area contributed by atoms with Gasteiger partial charge in [0.15, 0.2) is 0 Å². The van der Waals surface area contributed by atoms with Gasteiger partial charge in [0.1, 0.15) is 5.82 Å². The number of carbonyl (C=O) groups excluding carboxylic acids is 2. The van der Waals surface area contributed by atoms with E-state index in [1.54, 1.807) is 11.1 Å². The van der Waals surface area contributed by atoms with Crippen molar-refractivity contribution in [1.29, 1.82) is 0 Å². The van der Waals surface area contributed by atoms with Crippen molar-refractivity contribution in [2.75, 3.05) is 45.2 Å². The lowest BCUT2D eigenvalue weighted by Crippen LogP contribution is -2.48. The normalized spacial score (nSPS) is 25.8. The summed E-state index contributed by atoms with van der Waals surface area (Å²) in [5, 5.41) is 0. The quantitative estimate of drug-likeness (QED) is 0.828. The fourth-order valence-electron chi connectivity index (χ4n) is 4.51. The first-order valence-electron chi connectivity index (χ1n) is 9.51. The van der Waals surface area contributed by atoms with Crippen LogP contribution in [0.15, 0.2) is 24.4 Å². The van der Waals surface area contributed by atoms with Crippen LogP contribution in [0.5, 0.6) is 0 Å². The fourth-order valence-corrected chi connectivity index (χ4v) is 4.51. The van der Waals surface area contributed by atoms with Crippen molar-refractivity contribution in [3.05, 3.63) is 24.4 Å². The Morgan fingerprint density at radius 3 is 2.65 bits per heavy atom. The Labute approximate surface area is 156 Å². The molecule has 0 spiro atoms. The Morgan fingerprint density at radius 1 is 1.27 bits per heavy atom. The van der Waals surface area contributed by atoms with E-state index in [-0.39, 0.29) is 23.7 Å². The van der Waals surface area contributed by atoms with Gasteiger partial charge in [0, 0.05) is 58.3 Å². The number of anilines is 1. The van der Waals surface area contributed by atoms with Crippen molar-refractivity contribution >= 4 is 17.6 Å². The lowest BCUT2D eigenvalue weighted by Gasteiger charge is -2.34. The molecule has 2 atom stereocenters. The SMILES string of the molecule is CC(C)C(=O)N1CCC[C@]2(C(=O)N(C)C)CN(c3ccccn3)C[C@@H]2C1. The number of hydrogen-bond acceptors (Lipinski definition) is 4. The molecule has 0 bridgehead atoms. The lowest BCUT2D eigenvalue weighted by atomic mass is 9.74. The molecule has 2 saturated heterocycles. The maximum absolute atomic E-state index is 13.2. The largest absolute Gasteiger partial charge is 0.355 e. The van der Waals surface area contributed by atoms with Crippen LogP contribution in [0.25, 0.3) is 0 Å². The van der Waals surface area contributed by atoms with Crippen LogP contribution in [-0.2, 0) is 9.59 Å². The molecule has 1 aromatic heterocycles. The van der Waals surface area contributed by atoms with E-state index in [1.165, 1.54) is 0 Å². The molecule has 0 aromatic carbocycles. The molecule has 2 fully saturated rings. The summed E-state index contributed by atoms with van der Waals surface area (Å²) < 4.78 is 0. The summed E-state index contributed by atoms with van der Waals surface area (Å²) in [6.07, 6.45) is 3.48. The molecule has 0 saturated carbocycles. The second-order valence-corrected chi connectivity index (χ2v) is 8.16. The average molecular weight is 358 g/mol. The van der Waals surface area contributed by atoms with Crippen LogP contribution in [0, 0.1) is 17.3 Å². The number of hydrogen-bond donors (Lipinski definition) is 0. The van der Waals surface area contributed by atoms with Crippen molar-refractivity contribution < 1.29 is 9.59 Å². The van der Waals surface area contributed by atoms with Gasteiger partial charge in [-0.2, -0.15) is 0 Å². The second kappa shape index (κ2) is 7.25. The molecule has 2 aliphatic rings. The van der Waals surface area contributed by atoms with E-state index in [4.69, 9.17) is 0 Å². The summed E-state index contributed by atoms with van der Waals surface area (Å²) in [5.41, 5.74) is -0.437. The number of rotatable bonds is 3. The second-order valence-electron chi connectivity index (χ2n) is 8.16. The van der Waals surface area contributed by atoms with Crippen molar-refractivity contribution in [2.45, 2.75) is 26.7 Å². The maximum atomic E-state index is 13.2. The number of carbonyl (C=O) groups is 2. The van der Waals surface area contributed by atoms with Crippen LogP contribution >= 0.6 is 0 Å². The monoisotopic (exact) mass is 358 g/mol. The highest BCUT2D eigenvalue weighted by molar-refractivity contribution is 5.85. The molecule has 0 unspecified atom stereocenters. The van der Waals surface area contributed by atoms with Crippen LogP contribution in [0.4, 0.5) is 5.82 Å². The first kappa shape index (κ1) is 18.7. The highest BCUT2D eigenvalue weighted by atomic mass is 16.2. The molecule has 2 aliphatic heterocycles. The Bertz CT molecular complexity index is 661. The number of aromatic nitrogens is 1. The minimum absolute atomic E-state index is 0.0136. The van der Waals surface area contributed by atoms with Crippen LogP contribution in [-0.4, -0.2) is 66.9 Å². The molecule has 2 amide bonds. The fraction of sp³-hybridized carbons (Fsp3) is 0.650. The highest BCUT2D eigenvalue weighted by Gasteiger charge is 2.54. The minimum Gasteiger partial charge on any atom is -0.355 e. The van der Waals surface area contributed by atoms with Gasteiger partial charge in [-0.05, 0) is 25.0 Å². The summed E-state index contributed by atoms with van der Waals surface area (Å²) >= 11 is 0. The zero-order chi connectivity index (χ0) is 18.9. The number of likely N-dealkylation sites (tertiary alicyclic amines) is 1. The van der Waals surface area contributed by atoms with E-state index in [1.807, 2.05) is 51.0 Å². The van der Waals surface area contributed by atoms with E-state index < -0.39 is 5.41 Å². The van der Waals surface area contributed by atoms with Crippen molar-refractivity contribution in [3.8, 4) is 0 Å². The molecule has 1 aromatic rings. The average Bonchev–Trinajstić information content (AvgIpc) is 2.90. The topological polar surface area (TPSA) is 56.8 Å². The predicted octanol–water partition coefficient (Wildman–Crippen LogP) is 1.87. The summed E-state index contributed by atoms with van der Waals surface area (Å²) in [7, 11) is 3.67. The Balaban J connectivity index is 1.92. The molecule has 3 rings (SSSR count). The van der Waals surface area contributed by atoms with Crippen LogP contribution in [0.3, 0.4) is 0 Å². The Morgan fingerprint density at radius 2 is 2.04 bits per heavy atom. The maximum Gasteiger partial charge on any atom is 0.230 e. The van der Waals surface area contributed by atoms with E-state index in [0.29, 0.717) is 13.1 Å². The van der Waals surface area contributed by atoms with E-state index in [0.717, 1.165) is 31.7 Å². The van der Waals surface area contributed by atoms with Gasteiger partial charge in [0.2, 0.25) is 11.8 Å². The predicted molar refractivity (Wildman–Crippen MR) is 102 cm³/mol. The Hall–Kier alpha value is -2.11. The molecule has 0 radical (unpaired) electrons. The molecule has 0 aliphatic carbocycles. The molecule has 6 heteroatoms.